The van der Waals surface area contributed by atoms with Crippen molar-refractivity contribution in [1.82, 2.24) is 9.88 Å². The number of amides is 1. The van der Waals surface area contributed by atoms with Gasteiger partial charge in [0.15, 0.2) is 5.13 Å². The van der Waals surface area contributed by atoms with Crippen LogP contribution in [0.5, 0.6) is 10.8 Å². The lowest BCUT2D eigenvalue weighted by atomic mass is 9.86. The molecule has 2 heterocycles. The number of anilines is 1. The second-order valence-electron chi connectivity index (χ2n) is 8.00. The highest BCUT2D eigenvalue weighted by molar-refractivity contribution is 7.17. The third-order valence-electron chi connectivity index (χ3n) is 5.76. The van der Waals surface area contributed by atoms with Crippen molar-refractivity contribution in [3.05, 3.63) is 71.7 Å². The van der Waals surface area contributed by atoms with Crippen molar-refractivity contribution in [2.45, 2.75) is 31.2 Å². The smallest absolute Gasteiger partial charge is 0.257 e. The van der Waals surface area contributed by atoms with Crippen LogP contribution in [0.4, 0.5) is 18.3 Å². The van der Waals surface area contributed by atoms with Gasteiger partial charge in [0.25, 0.3) is 5.92 Å². The summed E-state index contributed by atoms with van der Waals surface area (Å²) < 4.78 is 48.2. The molecule has 1 aromatic heterocycles. The Morgan fingerprint density at radius 3 is 2.79 bits per heavy atom. The van der Waals surface area contributed by atoms with E-state index in [1.807, 2.05) is 6.07 Å². The van der Waals surface area contributed by atoms with Crippen LogP contribution in [-0.2, 0) is 4.79 Å². The van der Waals surface area contributed by atoms with Gasteiger partial charge < -0.3 is 10.1 Å². The Morgan fingerprint density at radius 2 is 2.09 bits per heavy atom. The van der Waals surface area contributed by atoms with Gasteiger partial charge in [0, 0.05) is 25.6 Å². The van der Waals surface area contributed by atoms with Gasteiger partial charge in [-0.05, 0) is 36.8 Å². The summed E-state index contributed by atoms with van der Waals surface area (Å²) in [5.41, 5.74) is 0.831. The molecule has 2 aromatic carbocycles. The van der Waals surface area contributed by atoms with E-state index < -0.39 is 23.7 Å². The van der Waals surface area contributed by atoms with Gasteiger partial charge in [0.2, 0.25) is 11.0 Å². The quantitative estimate of drug-likeness (QED) is 0.505. The van der Waals surface area contributed by atoms with Gasteiger partial charge in [0.1, 0.15) is 11.6 Å². The largest absolute Gasteiger partial charge is 0.445 e. The number of nitrogens with one attached hydrogen (secondary N) is 1. The highest BCUT2D eigenvalue weighted by Gasteiger charge is 2.46. The van der Waals surface area contributed by atoms with Crippen LogP contribution in [0.15, 0.2) is 54.7 Å². The second kappa shape index (κ2) is 9.83. The number of alkyl halides is 2. The minimum absolute atomic E-state index is 0.000706. The molecule has 3 aromatic rings. The summed E-state index contributed by atoms with van der Waals surface area (Å²) in [7, 11) is 0. The third-order valence-corrected chi connectivity index (χ3v) is 6.55. The van der Waals surface area contributed by atoms with E-state index in [0.717, 1.165) is 11.3 Å². The molecule has 6 nitrogen and oxygen atoms in total. The predicted molar refractivity (Wildman–Crippen MR) is 122 cm³/mol. The van der Waals surface area contributed by atoms with Gasteiger partial charge in [-0.1, -0.05) is 29.5 Å². The number of piperidine rings is 1. The molecule has 2 unspecified atom stereocenters. The molecule has 0 saturated carbocycles. The van der Waals surface area contributed by atoms with Crippen molar-refractivity contribution in [1.29, 1.82) is 5.26 Å². The average Bonchev–Trinajstić information content (AvgIpc) is 3.25. The summed E-state index contributed by atoms with van der Waals surface area (Å²) in [6, 6.07) is 13.1. The van der Waals surface area contributed by atoms with Gasteiger partial charge in [-0.15, -0.1) is 0 Å². The van der Waals surface area contributed by atoms with Crippen molar-refractivity contribution in [2.75, 3.05) is 18.4 Å². The highest BCUT2D eigenvalue weighted by atomic mass is 32.1. The fourth-order valence-electron chi connectivity index (χ4n) is 3.80. The predicted octanol–water partition coefficient (Wildman–Crippen LogP) is 5.40. The Labute approximate surface area is 198 Å². The topological polar surface area (TPSA) is 78.2 Å². The van der Waals surface area contributed by atoms with Crippen LogP contribution in [0.3, 0.4) is 0 Å². The van der Waals surface area contributed by atoms with E-state index in [1.165, 1.54) is 36.5 Å². The summed E-state index contributed by atoms with van der Waals surface area (Å²) in [6.45, 7) is 1.73. The number of hydrogen-bond acceptors (Lipinski definition) is 6. The van der Waals surface area contributed by atoms with Crippen LogP contribution in [0.25, 0.3) is 0 Å². The number of aromatic nitrogens is 1. The number of likely N-dealkylation sites (tertiary alicyclic amines) is 1. The standard InChI is InChI=1S/C24H21F3N4O2S/c1-15(22(32)30-23-29-13-21(34-23)33-19-4-2-3-18(25)11-19)31-10-9-24(26,27)20(14-31)17-7-5-16(12-28)6-8-17/h2-8,11,13,15,20H,9-10,14H2,1H3,(H,29,30,32). The van der Waals surface area contributed by atoms with Gasteiger partial charge in [0.05, 0.1) is 29.8 Å². The van der Waals surface area contributed by atoms with E-state index in [9.17, 15) is 18.0 Å². The van der Waals surface area contributed by atoms with Gasteiger partial charge in [-0.25, -0.2) is 18.2 Å². The molecule has 1 N–H and O–H groups in total. The van der Waals surface area contributed by atoms with E-state index in [4.69, 9.17) is 10.00 Å². The fourth-order valence-corrected chi connectivity index (χ4v) is 4.49. The molecule has 176 valence electrons. The number of nitriles is 1. The molecular formula is C24H21F3N4O2S. The fraction of sp³-hybridized carbons (Fsp3) is 0.292. The monoisotopic (exact) mass is 486 g/mol. The van der Waals surface area contributed by atoms with Crippen LogP contribution in [0.2, 0.25) is 0 Å². The van der Waals surface area contributed by atoms with E-state index in [2.05, 4.69) is 10.3 Å². The number of rotatable bonds is 6. The zero-order valence-electron chi connectivity index (χ0n) is 18.2. The first-order valence-corrected chi connectivity index (χ1v) is 11.4. The molecule has 0 radical (unpaired) electrons. The summed E-state index contributed by atoms with van der Waals surface area (Å²) in [6.07, 6.45) is 1.04. The Hall–Kier alpha value is -3.42. The summed E-state index contributed by atoms with van der Waals surface area (Å²) in [5.74, 6) is -4.51. The number of carbonyl (C=O) groups excluding carboxylic acids is 1. The van der Waals surface area contributed by atoms with Gasteiger partial charge >= 0.3 is 0 Å². The van der Waals surface area contributed by atoms with Gasteiger partial charge in [-0.2, -0.15) is 5.26 Å². The maximum atomic E-state index is 14.7. The Balaban J connectivity index is 1.40. The molecular weight excluding hydrogens is 465 g/mol. The van der Waals surface area contributed by atoms with Crippen molar-refractivity contribution in [3.63, 3.8) is 0 Å². The van der Waals surface area contributed by atoms with E-state index in [0.29, 0.717) is 21.9 Å². The minimum atomic E-state index is -2.92. The SMILES string of the molecule is CC(C(=O)Nc1ncc(Oc2cccc(F)c2)s1)N1CCC(F)(F)C(c2ccc(C#N)cc2)C1. The number of ether oxygens (including phenoxy) is 1. The number of nitrogens with zero attached hydrogens (tertiary/aromatic N) is 3. The molecule has 1 amide bonds. The molecule has 34 heavy (non-hydrogen) atoms. The van der Waals surface area contributed by atoms with E-state index in [1.54, 1.807) is 30.0 Å². The Morgan fingerprint density at radius 1 is 1.32 bits per heavy atom. The molecule has 0 bridgehead atoms. The maximum absolute atomic E-state index is 14.7. The zero-order chi connectivity index (χ0) is 24.3. The van der Waals surface area contributed by atoms with E-state index in [-0.39, 0.29) is 30.5 Å². The van der Waals surface area contributed by atoms with Crippen molar-refractivity contribution in [2.24, 2.45) is 0 Å². The lowest BCUT2D eigenvalue weighted by Crippen LogP contribution is -2.52. The van der Waals surface area contributed by atoms with Gasteiger partial charge in [-0.3, -0.25) is 9.69 Å². The molecule has 1 aliphatic heterocycles. The third kappa shape index (κ3) is 5.38. The summed E-state index contributed by atoms with van der Waals surface area (Å²) >= 11 is 1.07. The molecule has 0 spiro atoms. The first kappa shape index (κ1) is 23.7. The minimum Gasteiger partial charge on any atom is -0.445 e. The van der Waals surface area contributed by atoms with Crippen LogP contribution < -0.4 is 10.1 Å². The number of halogens is 3. The Bertz CT molecular complexity index is 1210. The number of hydrogen-bond donors (Lipinski definition) is 1. The molecule has 10 heteroatoms. The van der Waals surface area contributed by atoms with Crippen molar-refractivity contribution < 1.29 is 22.7 Å². The van der Waals surface area contributed by atoms with Crippen LogP contribution in [0.1, 0.15) is 30.4 Å². The highest BCUT2D eigenvalue weighted by Crippen LogP contribution is 2.41. The Kier molecular flexibility index (Phi) is 6.86. The maximum Gasteiger partial charge on any atom is 0.257 e. The first-order chi connectivity index (χ1) is 16.2. The van der Waals surface area contributed by atoms with Crippen molar-refractivity contribution in [3.8, 4) is 16.9 Å². The van der Waals surface area contributed by atoms with Crippen LogP contribution >= 0.6 is 11.3 Å². The summed E-state index contributed by atoms with van der Waals surface area (Å²) in [5, 5.41) is 12.3. The first-order valence-electron chi connectivity index (χ1n) is 10.6. The van der Waals surface area contributed by atoms with Crippen LogP contribution in [0, 0.1) is 17.1 Å². The zero-order valence-corrected chi connectivity index (χ0v) is 19.0. The number of thiazole rings is 1. The molecule has 4 rings (SSSR count). The molecule has 1 aliphatic rings. The average molecular weight is 487 g/mol. The number of carbonyl (C=O) groups is 1. The van der Waals surface area contributed by atoms with Crippen LogP contribution in [-0.4, -0.2) is 40.8 Å². The lowest BCUT2D eigenvalue weighted by Gasteiger charge is -2.40. The molecule has 2 atom stereocenters. The summed E-state index contributed by atoms with van der Waals surface area (Å²) in [4.78, 5) is 18.6. The van der Waals surface area contributed by atoms with Crippen molar-refractivity contribution >= 4 is 22.4 Å². The normalized spacial score (nSPS) is 18.6. The lowest BCUT2D eigenvalue weighted by molar-refractivity contribution is -0.125. The second-order valence-corrected chi connectivity index (χ2v) is 8.99. The van der Waals surface area contributed by atoms with E-state index >= 15 is 0 Å². The molecule has 1 saturated heterocycles. The molecule has 1 fully saturated rings. The number of benzene rings is 2. The molecule has 0 aliphatic carbocycles.